The van der Waals surface area contributed by atoms with Crippen LogP contribution in [0.4, 0.5) is 34.3 Å². The number of benzene rings is 5. The molecule has 0 spiro atoms. The fourth-order valence-corrected chi connectivity index (χ4v) is 8.06. The minimum Gasteiger partial charge on any atom is -0.445 e. The number of furan rings is 1. The first-order valence-corrected chi connectivity index (χ1v) is 16.7. The lowest BCUT2D eigenvalue weighted by Gasteiger charge is -2.43. The average molecular weight is 595 g/mol. The Morgan fingerprint density at radius 1 is 0.543 bits per heavy atom. The first-order valence-electron chi connectivity index (χ1n) is 16.7. The van der Waals surface area contributed by atoms with Gasteiger partial charge in [0, 0.05) is 33.9 Å². The van der Waals surface area contributed by atoms with E-state index in [-0.39, 0.29) is 12.1 Å². The summed E-state index contributed by atoms with van der Waals surface area (Å²) in [5.74, 6) is 1.96. The van der Waals surface area contributed by atoms with Crippen molar-refractivity contribution in [2.24, 2.45) is 0 Å². The Bertz CT molecular complexity index is 2210. The molecule has 10 rings (SSSR count). The van der Waals surface area contributed by atoms with E-state index in [1.54, 1.807) is 0 Å². The average Bonchev–Trinajstić information content (AvgIpc) is 3.49. The number of hydrogen-bond acceptors (Lipinski definition) is 3. The Morgan fingerprint density at radius 3 is 1.89 bits per heavy atom. The van der Waals surface area contributed by atoms with Gasteiger partial charge in [-0.2, -0.15) is 0 Å². The van der Waals surface area contributed by atoms with Gasteiger partial charge in [0.25, 0.3) is 6.71 Å². The number of nitrogens with zero attached hydrogens (tertiary/aromatic N) is 2. The van der Waals surface area contributed by atoms with E-state index >= 15 is 0 Å². The van der Waals surface area contributed by atoms with E-state index in [1.165, 1.54) is 85.4 Å². The fourth-order valence-electron chi connectivity index (χ4n) is 8.06. The lowest BCUT2D eigenvalue weighted by Crippen LogP contribution is -2.61. The van der Waals surface area contributed by atoms with Crippen molar-refractivity contribution in [3.05, 3.63) is 137 Å². The summed E-state index contributed by atoms with van der Waals surface area (Å²) >= 11 is 0. The smallest absolute Gasteiger partial charge is 0.256 e. The molecule has 0 radical (unpaired) electrons. The van der Waals surface area contributed by atoms with Gasteiger partial charge in [-0.1, -0.05) is 81.4 Å². The summed E-state index contributed by atoms with van der Waals surface area (Å²) in [6, 6.07) is 40.9. The first-order chi connectivity index (χ1) is 22.4. The van der Waals surface area contributed by atoms with Gasteiger partial charge in [-0.3, -0.25) is 4.90 Å². The molecule has 0 fully saturated rings. The van der Waals surface area contributed by atoms with Crippen LogP contribution in [0.1, 0.15) is 48.8 Å². The van der Waals surface area contributed by atoms with Gasteiger partial charge < -0.3 is 9.32 Å². The summed E-state index contributed by atoms with van der Waals surface area (Å²) in [7, 11) is 0. The van der Waals surface area contributed by atoms with Crippen molar-refractivity contribution >= 4 is 57.4 Å². The lowest BCUT2D eigenvalue weighted by molar-refractivity contribution is 0.415. The molecule has 1 aromatic heterocycles. The minimum absolute atomic E-state index is 0.102. The molecular formula is C42H35BN2O. The Labute approximate surface area is 271 Å². The SMILES string of the molecule is CC(C)(C)c1cc2c(o1)N(c1ccc(-c3ccccc3)cc1)c1cccc3c1B2c1cc2c(cc1N3c1ccc3c(c1)CC3)CC2. The van der Waals surface area contributed by atoms with E-state index in [9.17, 15) is 0 Å². The summed E-state index contributed by atoms with van der Waals surface area (Å²) in [6.45, 7) is 6.85. The molecule has 0 N–H and O–H groups in total. The van der Waals surface area contributed by atoms with E-state index in [1.807, 2.05) is 0 Å². The Morgan fingerprint density at radius 2 is 1.20 bits per heavy atom. The van der Waals surface area contributed by atoms with Gasteiger partial charge in [0.05, 0.1) is 0 Å². The summed E-state index contributed by atoms with van der Waals surface area (Å²) in [5.41, 5.74) is 18.4. The molecule has 0 saturated carbocycles. The predicted molar refractivity (Wildman–Crippen MR) is 192 cm³/mol. The van der Waals surface area contributed by atoms with E-state index < -0.39 is 0 Å². The molecule has 5 aromatic carbocycles. The van der Waals surface area contributed by atoms with Crippen molar-refractivity contribution in [1.29, 1.82) is 0 Å². The van der Waals surface area contributed by atoms with Crippen LogP contribution in [-0.4, -0.2) is 6.71 Å². The molecule has 3 heterocycles. The highest BCUT2D eigenvalue weighted by atomic mass is 16.4. The summed E-state index contributed by atoms with van der Waals surface area (Å²) < 4.78 is 6.95. The highest BCUT2D eigenvalue weighted by Gasteiger charge is 2.46. The van der Waals surface area contributed by atoms with Crippen molar-refractivity contribution in [3.8, 4) is 11.1 Å². The Balaban J connectivity index is 1.23. The van der Waals surface area contributed by atoms with Crippen LogP contribution in [0.25, 0.3) is 11.1 Å². The summed E-state index contributed by atoms with van der Waals surface area (Å²) in [5, 5.41) is 0. The van der Waals surface area contributed by atoms with Gasteiger partial charge >= 0.3 is 0 Å². The molecule has 222 valence electrons. The van der Waals surface area contributed by atoms with Crippen LogP contribution in [0.2, 0.25) is 0 Å². The van der Waals surface area contributed by atoms with Crippen LogP contribution >= 0.6 is 0 Å². The van der Waals surface area contributed by atoms with Crippen LogP contribution in [0.3, 0.4) is 0 Å². The normalized spacial score (nSPS) is 15.2. The van der Waals surface area contributed by atoms with E-state index in [4.69, 9.17) is 4.42 Å². The van der Waals surface area contributed by atoms with Gasteiger partial charge in [0.1, 0.15) is 5.76 Å². The first kappa shape index (κ1) is 26.3. The molecule has 0 amide bonds. The quantitative estimate of drug-likeness (QED) is 0.191. The van der Waals surface area contributed by atoms with E-state index in [0.717, 1.165) is 30.2 Å². The lowest BCUT2D eigenvalue weighted by atomic mass is 9.33. The van der Waals surface area contributed by atoms with Gasteiger partial charge in [0.15, 0.2) is 5.88 Å². The third-order valence-corrected chi connectivity index (χ3v) is 10.7. The molecule has 6 aromatic rings. The van der Waals surface area contributed by atoms with Crippen molar-refractivity contribution in [3.63, 3.8) is 0 Å². The van der Waals surface area contributed by atoms with Crippen molar-refractivity contribution in [1.82, 2.24) is 0 Å². The maximum Gasteiger partial charge on any atom is 0.256 e. The minimum atomic E-state index is -0.120. The van der Waals surface area contributed by atoms with E-state index in [2.05, 4.69) is 140 Å². The van der Waals surface area contributed by atoms with Crippen LogP contribution in [0, 0.1) is 0 Å². The van der Waals surface area contributed by atoms with E-state index in [0.29, 0.717) is 0 Å². The molecule has 0 saturated heterocycles. The number of aryl methyl sites for hydroxylation is 4. The topological polar surface area (TPSA) is 19.6 Å². The molecule has 0 atom stereocenters. The number of hydrogen-bond donors (Lipinski definition) is 0. The van der Waals surface area contributed by atoms with Crippen LogP contribution < -0.4 is 26.2 Å². The molecule has 3 nitrogen and oxygen atoms in total. The van der Waals surface area contributed by atoms with Crippen LogP contribution in [-0.2, 0) is 31.1 Å². The third-order valence-electron chi connectivity index (χ3n) is 10.7. The molecular weight excluding hydrogens is 559 g/mol. The van der Waals surface area contributed by atoms with Gasteiger partial charge in [-0.05, 0) is 124 Å². The molecule has 0 unspecified atom stereocenters. The highest BCUT2D eigenvalue weighted by Crippen LogP contribution is 2.47. The maximum atomic E-state index is 6.95. The van der Waals surface area contributed by atoms with Crippen LogP contribution in [0.5, 0.6) is 0 Å². The largest absolute Gasteiger partial charge is 0.445 e. The van der Waals surface area contributed by atoms with Gasteiger partial charge in [-0.25, -0.2) is 0 Å². The maximum absolute atomic E-state index is 6.95. The second-order valence-electron chi connectivity index (χ2n) is 14.5. The van der Waals surface area contributed by atoms with Gasteiger partial charge in [-0.15, -0.1) is 0 Å². The molecule has 2 aliphatic heterocycles. The molecule has 0 bridgehead atoms. The third kappa shape index (κ3) is 3.67. The summed E-state index contributed by atoms with van der Waals surface area (Å²) in [4.78, 5) is 4.92. The molecule has 46 heavy (non-hydrogen) atoms. The predicted octanol–water partition coefficient (Wildman–Crippen LogP) is 8.52. The van der Waals surface area contributed by atoms with Crippen LogP contribution in [0.15, 0.2) is 114 Å². The molecule has 4 heteroatoms. The zero-order valence-corrected chi connectivity index (χ0v) is 26.6. The number of rotatable bonds is 3. The fraction of sp³-hybridized carbons (Fsp3) is 0.190. The zero-order chi connectivity index (χ0) is 30.7. The second-order valence-corrected chi connectivity index (χ2v) is 14.5. The zero-order valence-electron chi connectivity index (χ0n) is 26.6. The standard InChI is InChI=1S/C42H35BN2O/c1-42(2,3)39-25-35-41(46-39)45(32-19-16-27(17-20-32)26-8-5-4-6-9-26)37-11-7-10-36-40(37)43(35)34-23-30-14-15-31(30)24-38(34)44(36)33-21-18-28-12-13-29(28)22-33/h4-11,16-25H,12-15H2,1-3H3. The highest BCUT2D eigenvalue weighted by molar-refractivity contribution is 7.00. The second kappa shape index (κ2) is 9.29. The van der Waals surface area contributed by atoms with Crippen molar-refractivity contribution in [2.75, 3.05) is 9.80 Å². The van der Waals surface area contributed by atoms with Crippen molar-refractivity contribution in [2.45, 2.75) is 51.9 Å². The molecule has 4 aliphatic rings. The Kier molecular flexibility index (Phi) is 5.31. The monoisotopic (exact) mass is 594 g/mol. The van der Waals surface area contributed by atoms with Crippen molar-refractivity contribution < 1.29 is 4.42 Å². The number of fused-ring (bicyclic) bond motifs is 6. The Hall–Kier alpha value is -4.96. The molecule has 2 aliphatic carbocycles. The number of anilines is 6. The summed E-state index contributed by atoms with van der Waals surface area (Å²) in [6.07, 6.45) is 4.69. The van der Waals surface area contributed by atoms with Gasteiger partial charge in [0.2, 0.25) is 0 Å².